The fraction of sp³-hybridized carbons (Fsp3) is 0.500. The van der Waals surface area contributed by atoms with Crippen LogP contribution in [0.5, 0.6) is 0 Å². The molecule has 2 aliphatic rings. The average Bonchev–Trinajstić information content (AvgIpc) is 3.02. The Morgan fingerprint density at radius 2 is 2.08 bits per heavy atom. The van der Waals surface area contributed by atoms with Crippen LogP contribution in [-0.2, 0) is 4.79 Å². The molecule has 6 nitrogen and oxygen atoms in total. The van der Waals surface area contributed by atoms with Crippen molar-refractivity contribution >= 4 is 17.5 Å². The van der Waals surface area contributed by atoms with E-state index in [2.05, 4.69) is 18.8 Å². The number of aromatic nitrogens is 2. The van der Waals surface area contributed by atoms with Gasteiger partial charge in [-0.05, 0) is 36.8 Å². The van der Waals surface area contributed by atoms with Gasteiger partial charge in [0.15, 0.2) is 0 Å². The number of amides is 2. The summed E-state index contributed by atoms with van der Waals surface area (Å²) in [5, 5.41) is 0. The maximum atomic E-state index is 13.2. The van der Waals surface area contributed by atoms with Gasteiger partial charge < -0.3 is 10.6 Å². The molecule has 24 heavy (non-hydrogen) atoms. The third kappa shape index (κ3) is 1.79. The molecule has 2 fully saturated rings. The van der Waals surface area contributed by atoms with Crippen LogP contribution in [0.4, 0.5) is 0 Å². The van der Waals surface area contributed by atoms with E-state index in [1.807, 2.05) is 35.7 Å². The van der Waals surface area contributed by atoms with Crippen LogP contribution in [0, 0.1) is 23.7 Å². The summed E-state index contributed by atoms with van der Waals surface area (Å²) in [5.74, 6) is -0.222. The normalized spacial score (nSPS) is 27.8. The summed E-state index contributed by atoms with van der Waals surface area (Å²) in [7, 11) is 0. The minimum atomic E-state index is -0.562. The summed E-state index contributed by atoms with van der Waals surface area (Å²) in [6.45, 7) is 7.13. The van der Waals surface area contributed by atoms with Crippen LogP contribution in [0.15, 0.2) is 24.4 Å². The molecule has 6 heteroatoms. The van der Waals surface area contributed by atoms with Gasteiger partial charge in [0.2, 0.25) is 5.91 Å². The van der Waals surface area contributed by atoms with Crippen LogP contribution in [0.2, 0.25) is 0 Å². The third-order valence-electron chi connectivity index (χ3n) is 5.94. The molecule has 0 bridgehead atoms. The second-order valence-corrected chi connectivity index (χ2v) is 7.90. The van der Waals surface area contributed by atoms with Crippen molar-refractivity contribution < 1.29 is 9.59 Å². The van der Waals surface area contributed by atoms with E-state index in [1.54, 1.807) is 4.90 Å². The summed E-state index contributed by atoms with van der Waals surface area (Å²) in [6, 6.07) is 5.66. The molecule has 2 atom stereocenters. The first-order valence-corrected chi connectivity index (χ1v) is 8.29. The lowest BCUT2D eigenvalue weighted by atomic mass is 9.48. The average molecular weight is 326 g/mol. The predicted octanol–water partition coefficient (Wildman–Crippen LogP) is 1.62. The standard InChI is InChI=1S/C18H22N4O2/c1-11-14(22-7-5-4-6-13(22)20-11)15(23)21-8-12-17(2,3)9-18(12,10-21)16(19)24/h4-7,12H,8-10H2,1-3H3,(H2,19,24)/t12-,18+/m1/s1. The minimum Gasteiger partial charge on any atom is -0.369 e. The minimum absolute atomic E-state index is 0.0403. The Balaban J connectivity index is 1.71. The van der Waals surface area contributed by atoms with Crippen molar-refractivity contribution in [2.45, 2.75) is 27.2 Å². The molecule has 1 aliphatic heterocycles. The highest BCUT2D eigenvalue weighted by molar-refractivity contribution is 5.96. The maximum Gasteiger partial charge on any atom is 0.272 e. The first kappa shape index (κ1) is 15.2. The van der Waals surface area contributed by atoms with Gasteiger partial charge in [0.05, 0.1) is 11.1 Å². The largest absolute Gasteiger partial charge is 0.369 e. The summed E-state index contributed by atoms with van der Waals surface area (Å²) < 4.78 is 1.82. The van der Waals surface area contributed by atoms with Crippen molar-refractivity contribution in [3.8, 4) is 0 Å². The lowest BCUT2D eigenvalue weighted by Gasteiger charge is -2.54. The number of rotatable bonds is 2. The molecule has 0 aromatic carbocycles. The molecule has 2 N–H and O–H groups in total. The maximum absolute atomic E-state index is 13.2. The zero-order chi connectivity index (χ0) is 17.3. The van der Waals surface area contributed by atoms with Crippen LogP contribution in [0.25, 0.3) is 5.65 Å². The molecule has 1 saturated heterocycles. The number of carbonyl (C=O) groups is 2. The van der Waals surface area contributed by atoms with Gasteiger partial charge in [-0.15, -0.1) is 0 Å². The Morgan fingerprint density at radius 1 is 1.33 bits per heavy atom. The molecule has 3 heterocycles. The van der Waals surface area contributed by atoms with Crippen molar-refractivity contribution in [1.29, 1.82) is 0 Å². The van der Waals surface area contributed by atoms with Gasteiger partial charge in [-0.3, -0.25) is 14.0 Å². The van der Waals surface area contributed by atoms with Crippen molar-refractivity contribution in [1.82, 2.24) is 14.3 Å². The molecule has 2 aromatic rings. The van der Waals surface area contributed by atoms with Crippen LogP contribution in [0.1, 0.15) is 36.5 Å². The van der Waals surface area contributed by atoms with Crippen LogP contribution < -0.4 is 5.73 Å². The zero-order valence-electron chi connectivity index (χ0n) is 14.2. The number of nitrogens with two attached hydrogens (primary N) is 1. The number of pyridine rings is 1. The van der Waals surface area contributed by atoms with Gasteiger partial charge in [0.25, 0.3) is 5.91 Å². The molecule has 1 aliphatic carbocycles. The van der Waals surface area contributed by atoms with Gasteiger partial charge in [-0.2, -0.15) is 0 Å². The van der Waals surface area contributed by atoms with E-state index < -0.39 is 5.41 Å². The fourth-order valence-electron chi connectivity index (χ4n) is 4.90. The molecular weight excluding hydrogens is 304 g/mol. The van der Waals surface area contributed by atoms with Crippen molar-refractivity contribution in [3.63, 3.8) is 0 Å². The number of aryl methyl sites for hydroxylation is 1. The topological polar surface area (TPSA) is 80.7 Å². The molecule has 126 valence electrons. The Hall–Kier alpha value is -2.37. The Kier molecular flexibility index (Phi) is 2.90. The number of hydrogen-bond acceptors (Lipinski definition) is 3. The van der Waals surface area contributed by atoms with E-state index in [0.29, 0.717) is 24.5 Å². The molecule has 0 radical (unpaired) electrons. The van der Waals surface area contributed by atoms with Gasteiger partial charge in [0, 0.05) is 19.3 Å². The van der Waals surface area contributed by atoms with Crippen LogP contribution in [-0.4, -0.2) is 39.2 Å². The number of primary amides is 1. The fourth-order valence-corrected chi connectivity index (χ4v) is 4.90. The second-order valence-electron chi connectivity index (χ2n) is 7.90. The van der Waals surface area contributed by atoms with E-state index in [4.69, 9.17) is 5.73 Å². The molecule has 2 aromatic heterocycles. The van der Waals surface area contributed by atoms with E-state index in [-0.39, 0.29) is 23.1 Å². The highest BCUT2D eigenvalue weighted by Gasteiger charge is 2.66. The highest BCUT2D eigenvalue weighted by atomic mass is 16.2. The molecule has 0 spiro atoms. The number of hydrogen-bond donors (Lipinski definition) is 1. The van der Waals surface area contributed by atoms with E-state index in [0.717, 1.165) is 12.1 Å². The molecule has 1 saturated carbocycles. The Morgan fingerprint density at radius 3 is 2.71 bits per heavy atom. The van der Waals surface area contributed by atoms with Gasteiger partial charge in [-0.1, -0.05) is 19.9 Å². The number of likely N-dealkylation sites (tertiary alicyclic amines) is 1. The third-order valence-corrected chi connectivity index (χ3v) is 5.94. The summed E-state index contributed by atoms with van der Waals surface area (Å²) in [6.07, 6.45) is 2.59. The van der Waals surface area contributed by atoms with Crippen molar-refractivity contribution in [3.05, 3.63) is 35.8 Å². The Labute approximate surface area is 140 Å². The first-order chi connectivity index (χ1) is 11.3. The van der Waals surface area contributed by atoms with Gasteiger partial charge >= 0.3 is 0 Å². The van der Waals surface area contributed by atoms with E-state index in [1.165, 1.54) is 0 Å². The quantitative estimate of drug-likeness (QED) is 0.910. The first-order valence-electron chi connectivity index (χ1n) is 8.29. The SMILES string of the molecule is Cc1nc2ccccn2c1C(=O)N1C[C@@H]2C(C)(C)C[C@]2(C(N)=O)C1. The molecule has 4 rings (SSSR count). The Bertz CT molecular complexity index is 869. The highest BCUT2D eigenvalue weighted by Crippen LogP contribution is 2.62. The number of fused-ring (bicyclic) bond motifs is 2. The lowest BCUT2D eigenvalue weighted by Crippen LogP contribution is -2.59. The molecular formula is C18H22N4O2. The summed E-state index contributed by atoms with van der Waals surface area (Å²) >= 11 is 0. The lowest BCUT2D eigenvalue weighted by molar-refractivity contribution is -0.148. The monoisotopic (exact) mass is 326 g/mol. The van der Waals surface area contributed by atoms with Crippen molar-refractivity contribution in [2.24, 2.45) is 22.5 Å². The van der Waals surface area contributed by atoms with Gasteiger partial charge in [0.1, 0.15) is 11.3 Å². The van der Waals surface area contributed by atoms with Gasteiger partial charge in [-0.25, -0.2) is 4.98 Å². The zero-order valence-corrected chi connectivity index (χ0v) is 14.2. The smallest absolute Gasteiger partial charge is 0.272 e. The van der Waals surface area contributed by atoms with E-state index in [9.17, 15) is 9.59 Å². The van der Waals surface area contributed by atoms with Crippen LogP contribution in [0.3, 0.4) is 0 Å². The van der Waals surface area contributed by atoms with Crippen molar-refractivity contribution in [2.75, 3.05) is 13.1 Å². The number of carbonyl (C=O) groups excluding carboxylic acids is 2. The predicted molar refractivity (Wildman–Crippen MR) is 89.3 cm³/mol. The molecule has 0 unspecified atom stereocenters. The summed E-state index contributed by atoms with van der Waals surface area (Å²) in [4.78, 5) is 31.5. The summed E-state index contributed by atoms with van der Waals surface area (Å²) in [5.41, 5.74) is 7.21. The van der Waals surface area contributed by atoms with Crippen LogP contribution >= 0.6 is 0 Å². The molecule has 2 amide bonds. The van der Waals surface area contributed by atoms with E-state index >= 15 is 0 Å². The number of imidazole rings is 1. The number of nitrogens with zero attached hydrogens (tertiary/aromatic N) is 3. The second kappa shape index (κ2) is 4.59.